The van der Waals surface area contributed by atoms with Gasteiger partial charge in [-0.15, -0.1) is 22.0 Å². The predicted octanol–water partition coefficient (Wildman–Crippen LogP) is -4.82. The molecule has 50 heavy (non-hydrogen) atoms. The number of nitrogens with one attached hydrogen (secondary N) is 3. The van der Waals surface area contributed by atoms with Crippen LogP contribution in [-0.4, -0.2) is 115 Å². The number of carboxylic acid groups (broad SMARTS) is 1. The third kappa shape index (κ3) is 7.66. The predicted molar refractivity (Wildman–Crippen MR) is 169 cm³/mol. The first-order chi connectivity index (χ1) is 23.4. The summed E-state index contributed by atoms with van der Waals surface area (Å²) in [5.74, 6) is -5.96. The summed E-state index contributed by atoms with van der Waals surface area (Å²) in [5.41, 5.74) is -0.608. The van der Waals surface area contributed by atoms with Gasteiger partial charge in [-0.3, -0.25) is 38.6 Å². The summed E-state index contributed by atoms with van der Waals surface area (Å²) in [6.45, 7) is 3.00. The number of rotatable bonds is 12. The number of imide groups is 1. The molecule has 1 aromatic heterocycles. The zero-order chi connectivity index (χ0) is 35.5. The van der Waals surface area contributed by atoms with E-state index in [0.29, 0.717) is 14.8 Å². The van der Waals surface area contributed by atoms with Gasteiger partial charge in [-0.25, -0.2) is 4.79 Å². The maximum Gasteiger partial charge on any atom is 1.00 e. The van der Waals surface area contributed by atoms with Crippen LogP contribution in [0.4, 0.5) is 4.79 Å². The number of benzene rings is 1. The number of thioether (sulfide) groups is 2. The molecule has 3 aliphatic rings. The molecule has 0 spiro atoms. The maximum atomic E-state index is 14.0. The van der Waals surface area contributed by atoms with Crippen LogP contribution in [0.15, 0.2) is 45.4 Å². The fourth-order valence-electron chi connectivity index (χ4n) is 5.30. The van der Waals surface area contributed by atoms with Crippen molar-refractivity contribution < 1.29 is 77.8 Å². The Balaban J connectivity index is 0.00000562. The number of nitrogens with zero attached hydrogens (tertiary/aromatic N) is 5. The maximum absolute atomic E-state index is 14.0. The number of aliphatic carboxylic acids is 1. The summed E-state index contributed by atoms with van der Waals surface area (Å²) >= 11 is 3.53. The summed E-state index contributed by atoms with van der Waals surface area (Å²) in [7, 11) is 0. The molecular formula is C28H27N8NaO10S3. The van der Waals surface area contributed by atoms with Crippen molar-refractivity contribution in [3.05, 3.63) is 46.6 Å². The molecule has 258 valence electrons. The first kappa shape index (κ1) is 38.8. The number of urea groups is 1. The Labute approximate surface area is 318 Å². The van der Waals surface area contributed by atoms with Crippen LogP contribution in [0.3, 0.4) is 0 Å². The summed E-state index contributed by atoms with van der Waals surface area (Å²) in [4.78, 5) is 105. The molecule has 2 fully saturated rings. The van der Waals surface area contributed by atoms with E-state index in [1.807, 2.05) is 0 Å². The van der Waals surface area contributed by atoms with E-state index < -0.39 is 64.4 Å². The number of fused-ring (bicyclic) bond motifs is 1. The number of piperazine rings is 1. The van der Waals surface area contributed by atoms with Crippen molar-refractivity contribution >= 4 is 82.9 Å². The second-order valence-electron chi connectivity index (χ2n) is 10.5. The Hall–Kier alpha value is -4.02. The molecule has 2 saturated heterocycles. The van der Waals surface area contributed by atoms with E-state index in [9.17, 15) is 43.5 Å². The molecule has 1 aromatic carbocycles. The molecule has 3 aliphatic heterocycles. The van der Waals surface area contributed by atoms with E-state index in [1.54, 1.807) is 6.92 Å². The summed E-state index contributed by atoms with van der Waals surface area (Å²) in [5, 5.41) is 26.0. The van der Waals surface area contributed by atoms with Gasteiger partial charge in [0.2, 0.25) is 18.0 Å². The number of carboxylic acids is 1. The molecule has 1 unspecified atom stereocenters. The average molecular weight is 755 g/mol. The number of esters is 1. The first-order valence-electron chi connectivity index (χ1n) is 14.4. The van der Waals surface area contributed by atoms with Gasteiger partial charge in [0.05, 0.1) is 11.7 Å². The third-order valence-corrected chi connectivity index (χ3v) is 10.9. The number of β-lactam (4-membered cyclic amide) rings is 1. The number of carbonyl (C=O) groups is 8. The van der Waals surface area contributed by atoms with Gasteiger partial charge in [-0.05, 0) is 30.2 Å². The van der Waals surface area contributed by atoms with Gasteiger partial charge in [0.1, 0.15) is 22.7 Å². The van der Waals surface area contributed by atoms with Crippen LogP contribution in [0, 0.1) is 0 Å². The van der Waals surface area contributed by atoms with Crippen LogP contribution in [0.5, 0.6) is 5.75 Å². The first-order valence-corrected chi connectivity index (χ1v) is 17.3. The van der Waals surface area contributed by atoms with Gasteiger partial charge >= 0.3 is 53.4 Å². The minimum Gasteiger partial charge on any atom is -0.543 e. The van der Waals surface area contributed by atoms with E-state index in [0.717, 1.165) is 16.7 Å². The largest absolute Gasteiger partial charge is 1.00 e. The number of aromatic nitrogens is 2. The monoisotopic (exact) mass is 754 g/mol. The zero-order valence-electron chi connectivity index (χ0n) is 26.7. The van der Waals surface area contributed by atoms with Crippen molar-refractivity contribution in [3.63, 3.8) is 0 Å². The summed E-state index contributed by atoms with van der Waals surface area (Å²) < 4.78 is 5.61. The zero-order valence-corrected chi connectivity index (χ0v) is 31.1. The van der Waals surface area contributed by atoms with Crippen LogP contribution in [0.25, 0.3) is 0 Å². The average Bonchev–Trinajstić information content (AvgIpc) is 3.60. The molecule has 0 bridgehead atoms. The second kappa shape index (κ2) is 16.3. The van der Waals surface area contributed by atoms with E-state index in [-0.39, 0.29) is 78.4 Å². The SMILES string of the molecule is CCN1CCN(C(=O)NC(C(=O)N[C@]2(NC=O)C(=O)N3C(C(=O)[O-])=C(CSc4nncs4)CS[C@@H]32)c2ccc(OC(C)=O)cc2)C(=O)C1=O.[Na+]. The quantitative estimate of drug-likeness (QED) is 0.0269. The smallest absolute Gasteiger partial charge is 0.543 e. The number of amides is 7. The number of hydrogen-bond acceptors (Lipinski definition) is 15. The van der Waals surface area contributed by atoms with Crippen molar-refractivity contribution in [3.8, 4) is 5.75 Å². The van der Waals surface area contributed by atoms with Crippen molar-refractivity contribution in [1.82, 2.24) is 40.8 Å². The van der Waals surface area contributed by atoms with Crippen LogP contribution in [0.2, 0.25) is 0 Å². The minimum absolute atomic E-state index is 0. The number of carbonyl (C=O) groups excluding carboxylic acids is 8. The van der Waals surface area contributed by atoms with Crippen molar-refractivity contribution in [2.24, 2.45) is 0 Å². The Morgan fingerprint density at radius 2 is 1.88 bits per heavy atom. The fourth-order valence-corrected chi connectivity index (χ4v) is 8.36. The summed E-state index contributed by atoms with van der Waals surface area (Å²) in [6.07, 6.45) is 0.165. The van der Waals surface area contributed by atoms with Gasteiger partial charge < -0.3 is 35.5 Å². The van der Waals surface area contributed by atoms with Crippen LogP contribution in [0.1, 0.15) is 25.5 Å². The molecule has 22 heteroatoms. The van der Waals surface area contributed by atoms with Gasteiger partial charge in [-0.1, -0.05) is 35.2 Å². The Morgan fingerprint density at radius 3 is 2.48 bits per heavy atom. The molecule has 18 nitrogen and oxygen atoms in total. The summed E-state index contributed by atoms with van der Waals surface area (Å²) in [6, 6.07) is 2.62. The molecule has 0 aliphatic carbocycles. The molecular weight excluding hydrogens is 728 g/mol. The second-order valence-corrected chi connectivity index (χ2v) is 13.6. The normalized spacial score (nSPS) is 20.6. The standard InChI is InChI=1S/C28H28N8O10S3.Na/c1-3-34-8-9-35(22(41)21(34)40)26(45)31-18(15-4-6-17(7-5-15)46-14(2)38)20(39)32-28(29-12-37)24(44)36-19(23(42)43)16(10-47-25(28)36)11-48-27-33-30-13-49-27;/h4-7,12-13,18,25H,3,8-11H2,1-2H3,(H,29,37)(H,31,45)(H,32,39)(H,42,43);/q;+1/p-1/t18?,25-,28-;/m1./s1. The Bertz CT molecular complexity index is 1740. The van der Waals surface area contributed by atoms with Crippen LogP contribution >= 0.6 is 34.9 Å². The van der Waals surface area contributed by atoms with Gasteiger partial charge in [0.15, 0.2) is 4.34 Å². The van der Waals surface area contributed by atoms with Crippen molar-refractivity contribution in [2.45, 2.75) is 35.3 Å². The molecule has 2 aromatic rings. The van der Waals surface area contributed by atoms with Crippen molar-refractivity contribution in [2.75, 3.05) is 31.1 Å². The van der Waals surface area contributed by atoms with Crippen LogP contribution < -0.4 is 55.4 Å². The topological polar surface area (TPSA) is 240 Å². The van der Waals surface area contributed by atoms with E-state index in [4.69, 9.17) is 4.74 Å². The minimum atomic E-state index is -2.15. The van der Waals surface area contributed by atoms with E-state index >= 15 is 0 Å². The molecule has 0 radical (unpaired) electrons. The van der Waals surface area contributed by atoms with E-state index in [2.05, 4.69) is 26.1 Å². The van der Waals surface area contributed by atoms with Crippen molar-refractivity contribution in [1.29, 1.82) is 0 Å². The Morgan fingerprint density at radius 1 is 1.16 bits per heavy atom. The van der Waals surface area contributed by atoms with Gasteiger partial charge in [0, 0.05) is 38.1 Å². The molecule has 3 atom stereocenters. The van der Waals surface area contributed by atoms with Gasteiger partial charge in [0.25, 0.3) is 5.91 Å². The Kier molecular flexibility index (Phi) is 12.7. The number of likely N-dealkylation sites (N-methyl/N-ethyl adjacent to an activating group) is 1. The molecule has 0 saturated carbocycles. The van der Waals surface area contributed by atoms with E-state index in [1.165, 1.54) is 64.7 Å². The molecule has 4 heterocycles. The van der Waals surface area contributed by atoms with Gasteiger partial charge in [-0.2, -0.15) is 0 Å². The van der Waals surface area contributed by atoms with Crippen LogP contribution in [-0.2, 0) is 33.6 Å². The third-order valence-electron chi connectivity index (χ3n) is 7.60. The molecule has 5 rings (SSSR count). The number of hydrogen-bond donors (Lipinski definition) is 3. The molecule has 3 N–H and O–H groups in total. The number of ether oxygens (including phenoxy) is 1. The fraction of sp³-hybridized carbons (Fsp3) is 0.357. The molecule has 7 amide bonds.